The Balaban J connectivity index is 2.16. The highest BCUT2D eigenvalue weighted by molar-refractivity contribution is 5.33. The number of aryl methyl sites for hydroxylation is 1. The molecule has 1 unspecified atom stereocenters. The van der Waals surface area contributed by atoms with Gasteiger partial charge in [0.15, 0.2) is 0 Å². The van der Waals surface area contributed by atoms with Gasteiger partial charge >= 0.3 is 0 Å². The Labute approximate surface area is 127 Å². The molecule has 0 spiro atoms. The van der Waals surface area contributed by atoms with E-state index in [-0.39, 0.29) is 6.04 Å². The summed E-state index contributed by atoms with van der Waals surface area (Å²) in [5, 5.41) is 0. The summed E-state index contributed by atoms with van der Waals surface area (Å²) >= 11 is 0. The maximum atomic E-state index is 6.00. The van der Waals surface area contributed by atoms with Gasteiger partial charge in [0, 0.05) is 24.7 Å². The molecule has 2 N–H and O–H groups in total. The van der Waals surface area contributed by atoms with Gasteiger partial charge in [-0.05, 0) is 25.6 Å². The number of methoxy groups -OCH3 is 1. The second kappa shape index (κ2) is 7.25. The molecule has 0 amide bonds. The SMILES string of the molecule is COc1ccccc1CN(C)C(CN)c1ccc(C)cc1. The summed E-state index contributed by atoms with van der Waals surface area (Å²) in [5.74, 6) is 0.920. The fraction of sp³-hybridized carbons (Fsp3) is 0.333. The van der Waals surface area contributed by atoms with E-state index in [4.69, 9.17) is 10.5 Å². The monoisotopic (exact) mass is 284 g/mol. The number of nitrogens with zero attached hydrogens (tertiary/aromatic N) is 1. The number of hydrogen-bond donors (Lipinski definition) is 1. The molecule has 3 heteroatoms. The lowest BCUT2D eigenvalue weighted by atomic mass is 10.0. The molecule has 0 radical (unpaired) electrons. The van der Waals surface area contributed by atoms with Crippen molar-refractivity contribution in [2.75, 3.05) is 20.7 Å². The van der Waals surface area contributed by atoms with E-state index in [1.807, 2.05) is 18.2 Å². The Morgan fingerprint density at radius 1 is 1.10 bits per heavy atom. The molecule has 0 aliphatic heterocycles. The molecule has 2 rings (SSSR count). The molecule has 0 aliphatic carbocycles. The van der Waals surface area contributed by atoms with Crippen LogP contribution in [0.25, 0.3) is 0 Å². The Bertz CT molecular complexity index is 566. The number of hydrogen-bond acceptors (Lipinski definition) is 3. The summed E-state index contributed by atoms with van der Waals surface area (Å²) < 4.78 is 5.42. The molecular formula is C18H24N2O. The van der Waals surface area contributed by atoms with Gasteiger partial charge in [-0.1, -0.05) is 48.0 Å². The Morgan fingerprint density at radius 2 is 1.76 bits per heavy atom. The topological polar surface area (TPSA) is 38.5 Å². The largest absolute Gasteiger partial charge is 0.496 e. The summed E-state index contributed by atoms with van der Waals surface area (Å²) in [5.41, 5.74) is 9.69. The van der Waals surface area contributed by atoms with Crippen LogP contribution in [0.15, 0.2) is 48.5 Å². The fourth-order valence-corrected chi connectivity index (χ4v) is 2.57. The first-order chi connectivity index (χ1) is 10.2. The third-order valence-corrected chi connectivity index (χ3v) is 3.83. The lowest BCUT2D eigenvalue weighted by Gasteiger charge is -2.28. The zero-order chi connectivity index (χ0) is 15.2. The van der Waals surface area contributed by atoms with Gasteiger partial charge < -0.3 is 10.5 Å². The van der Waals surface area contributed by atoms with Crippen LogP contribution in [-0.2, 0) is 6.54 Å². The molecule has 1 atom stereocenters. The van der Waals surface area contributed by atoms with Crippen LogP contribution in [0, 0.1) is 6.92 Å². The van der Waals surface area contributed by atoms with E-state index < -0.39 is 0 Å². The van der Waals surface area contributed by atoms with E-state index in [0.717, 1.165) is 12.3 Å². The maximum absolute atomic E-state index is 6.00. The molecule has 21 heavy (non-hydrogen) atoms. The minimum Gasteiger partial charge on any atom is -0.496 e. The number of rotatable bonds is 6. The number of nitrogens with two attached hydrogens (primary N) is 1. The number of benzene rings is 2. The molecule has 0 aliphatic rings. The zero-order valence-corrected chi connectivity index (χ0v) is 13.0. The Morgan fingerprint density at radius 3 is 2.38 bits per heavy atom. The van der Waals surface area contributed by atoms with Crippen LogP contribution >= 0.6 is 0 Å². The van der Waals surface area contributed by atoms with Crippen LogP contribution in [0.2, 0.25) is 0 Å². The number of likely N-dealkylation sites (N-methyl/N-ethyl adjacent to an activating group) is 1. The van der Waals surface area contributed by atoms with Crippen LogP contribution in [-0.4, -0.2) is 25.6 Å². The van der Waals surface area contributed by atoms with Gasteiger partial charge in [-0.2, -0.15) is 0 Å². The lowest BCUT2D eigenvalue weighted by Crippen LogP contribution is -2.30. The van der Waals surface area contributed by atoms with E-state index in [1.54, 1.807) is 7.11 Å². The average Bonchev–Trinajstić information content (AvgIpc) is 2.50. The van der Waals surface area contributed by atoms with Crippen LogP contribution < -0.4 is 10.5 Å². The average molecular weight is 284 g/mol. The van der Waals surface area contributed by atoms with Gasteiger partial charge in [0.1, 0.15) is 5.75 Å². The zero-order valence-electron chi connectivity index (χ0n) is 13.0. The van der Waals surface area contributed by atoms with Crippen molar-refractivity contribution in [2.24, 2.45) is 5.73 Å². The molecule has 0 saturated heterocycles. The molecule has 0 bridgehead atoms. The van der Waals surface area contributed by atoms with Crippen LogP contribution in [0.4, 0.5) is 0 Å². The van der Waals surface area contributed by atoms with E-state index in [0.29, 0.717) is 6.54 Å². The van der Waals surface area contributed by atoms with E-state index in [1.165, 1.54) is 16.7 Å². The van der Waals surface area contributed by atoms with Gasteiger partial charge in [0.25, 0.3) is 0 Å². The van der Waals surface area contributed by atoms with Crippen molar-refractivity contribution in [3.05, 3.63) is 65.2 Å². The Hall–Kier alpha value is -1.84. The molecule has 3 nitrogen and oxygen atoms in total. The third-order valence-electron chi connectivity index (χ3n) is 3.83. The minimum absolute atomic E-state index is 0.204. The number of ether oxygens (including phenoxy) is 1. The predicted molar refractivity (Wildman–Crippen MR) is 87.4 cm³/mol. The highest BCUT2D eigenvalue weighted by atomic mass is 16.5. The quantitative estimate of drug-likeness (QED) is 0.885. The first kappa shape index (κ1) is 15.5. The van der Waals surface area contributed by atoms with Crippen molar-refractivity contribution < 1.29 is 4.74 Å². The molecule has 0 heterocycles. The minimum atomic E-state index is 0.204. The second-order valence-corrected chi connectivity index (χ2v) is 5.39. The van der Waals surface area contributed by atoms with Gasteiger partial charge in [0.05, 0.1) is 7.11 Å². The highest BCUT2D eigenvalue weighted by Gasteiger charge is 2.16. The van der Waals surface area contributed by atoms with E-state index >= 15 is 0 Å². The van der Waals surface area contributed by atoms with Gasteiger partial charge in [-0.3, -0.25) is 4.90 Å². The highest BCUT2D eigenvalue weighted by Crippen LogP contribution is 2.24. The van der Waals surface area contributed by atoms with Crippen molar-refractivity contribution in [3.8, 4) is 5.75 Å². The smallest absolute Gasteiger partial charge is 0.123 e. The lowest BCUT2D eigenvalue weighted by molar-refractivity contribution is 0.238. The van der Waals surface area contributed by atoms with Gasteiger partial charge in [-0.25, -0.2) is 0 Å². The first-order valence-corrected chi connectivity index (χ1v) is 7.24. The van der Waals surface area contributed by atoms with Gasteiger partial charge in [0.2, 0.25) is 0 Å². The van der Waals surface area contributed by atoms with Crippen LogP contribution in [0.3, 0.4) is 0 Å². The molecule has 2 aromatic carbocycles. The summed E-state index contributed by atoms with van der Waals surface area (Å²) in [6, 6.07) is 16.9. The van der Waals surface area contributed by atoms with E-state index in [2.05, 4.69) is 49.2 Å². The normalized spacial score (nSPS) is 12.4. The second-order valence-electron chi connectivity index (χ2n) is 5.39. The molecule has 112 valence electrons. The fourth-order valence-electron chi connectivity index (χ4n) is 2.57. The molecule has 0 aromatic heterocycles. The maximum Gasteiger partial charge on any atom is 0.123 e. The first-order valence-electron chi connectivity index (χ1n) is 7.24. The molecule has 2 aromatic rings. The van der Waals surface area contributed by atoms with Crippen LogP contribution in [0.1, 0.15) is 22.7 Å². The van der Waals surface area contributed by atoms with Crippen LogP contribution in [0.5, 0.6) is 5.75 Å². The van der Waals surface area contributed by atoms with Crippen molar-refractivity contribution in [2.45, 2.75) is 19.5 Å². The summed E-state index contributed by atoms with van der Waals surface area (Å²) in [6.07, 6.45) is 0. The van der Waals surface area contributed by atoms with Crippen molar-refractivity contribution in [1.82, 2.24) is 4.90 Å². The van der Waals surface area contributed by atoms with Gasteiger partial charge in [-0.15, -0.1) is 0 Å². The van der Waals surface area contributed by atoms with Crippen molar-refractivity contribution >= 4 is 0 Å². The summed E-state index contributed by atoms with van der Waals surface area (Å²) in [4.78, 5) is 2.27. The van der Waals surface area contributed by atoms with E-state index in [9.17, 15) is 0 Å². The molecule has 0 saturated carbocycles. The summed E-state index contributed by atoms with van der Waals surface area (Å²) in [7, 11) is 3.81. The predicted octanol–water partition coefficient (Wildman–Crippen LogP) is 3.14. The van der Waals surface area contributed by atoms with Crippen molar-refractivity contribution in [3.63, 3.8) is 0 Å². The standard InChI is InChI=1S/C18H24N2O/c1-14-8-10-15(11-9-14)17(12-19)20(2)13-16-6-4-5-7-18(16)21-3/h4-11,17H,12-13,19H2,1-3H3. The van der Waals surface area contributed by atoms with Crippen molar-refractivity contribution in [1.29, 1.82) is 0 Å². The molecule has 0 fully saturated rings. The Kier molecular flexibility index (Phi) is 5.37. The number of para-hydroxylation sites is 1. The molecular weight excluding hydrogens is 260 g/mol. The summed E-state index contributed by atoms with van der Waals surface area (Å²) in [6.45, 7) is 3.49. The third kappa shape index (κ3) is 3.84.